The molecule has 0 radical (unpaired) electrons. The van der Waals surface area contributed by atoms with Crippen LogP contribution in [0, 0.1) is 5.82 Å². The molecule has 27 heavy (non-hydrogen) atoms. The normalized spacial score (nSPS) is 23.0. The minimum Gasteiger partial charge on any atom is -0.477 e. The first-order valence-corrected chi connectivity index (χ1v) is 9.05. The maximum absolute atomic E-state index is 14.9. The lowest BCUT2D eigenvalue weighted by Crippen LogP contribution is -2.45. The second-order valence-corrected chi connectivity index (χ2v) is 7.49. The Hall–Kier alpha value is -2.19. The molecule has 4 rings (SSSR count). The Morgan fingerprint density at radius 2 is 1.93 bits per heavy atom. The van der Waals surface area contributed by atoms with Crippen LogP contribution in [0.4, 0.5) is 14.5 Å². The maximum Gasteiger partial charge on any atom is 0.341 e. The number of piperazine rings is 1. The number of pyridine rings is 1. The van der Waals surface area contributed by atoms with E-state index in [1.165, 1.54) is 4.57 Å². The van der Waals surface area contributed by atoms with E-state index in [4.69, 9.17) is 11.6 Å². The first-order valence-electron chi connectivity index (χ1n) is 8.67. The number of anilines is 1. The van der Waals surface area contributed by atoms with Crippen molar-refractivity contribution in [3.8, 4) is 0 Å². The number of carboxylic acid groups (broad SMARTS) is 1. The van der Waals surface area contributed by atoms with Crippen LogP contribution in [0.5, 0.6) is 0 Å². The summed E-state index contributed by atoms with van der Waals surface area (Å²) in [6, 6.07) is 0.421. The molecule has 1 saturated heterocycles. The van der Waals surface area contributed by atoms with Crippen LogP contribution >= 0.6 is 11.6 Å². The number of carbonyl (C=O) groups is 1. The second kappa shape index (κ2) is 6.45. The molecular formula is C18H18ClF2N3O3. The van der Waals surface area contributed by atoms with Crippen LogP contribution in [0.3, 0.4) is 0 Å². The first-order chi connectivity index (χ1) is 12.8. The number of hydrogen-bond acceptors (Lipinski definition) is 4. The van der Waals surface area contributed by atoms with Gasteiger partial charge < -0.3 is 19.5 Å². The van der Waals surface area contributed by atoms with Gasteiger partial charge in [0.05, 0.1) is 27.7 Å². The van der Waals surface area contributed by atoms with E-state index in [2.05, 4.69) is 4.90 Å². The van der Waals surface area contributed by atoms with Gasteiger partial charge in [0.1, 0.15) is 17.6 Å². The van der Waals surface area contributed by atoms with Gasteiger partial charge in [-0.15, -0.1) is 0 Å². The van der Waals surface area contributed by atoms with Crippen molar-refractivity contribution in [1.29, 1.82) is 0 Å². The molecule has 1 aliphatic heterocycles. The molecule has 1 aliphatic carbocycles. The Bertz CT molecular complexity index is 1000. The van der Waals surface area contributed by atoms with Crippen LogP contribution < -0.4 is 10.3 Å². The maximum atomic E-state index is 14.9. The van der Waals surface area contributed by atoms with Gasteiger partial charge in [-0.3, -0.25) is 4.79 Å². The molecule has 1 aromatic heterocycles. The average molecular weight is 398 g/mol. The molecule has 144 valence electrons. The molecule has 2 atom stereocenters. The van der Waals surface area contributed by atoms with Gasteiger partial charge in [0.25, 0.3) is 0 Å². The van der Waals surface area contributed by atoms with Crippen molar-refractivity contribution in [3.63, 3.8) is 0 Å². The highest BCUT2D eigenvalue weighted by Gasteiger charge is 2.41. The van der Waals surface area contributed by atoms with Gasteiger partial charge in [0, 0.05) is 38.8 Å². The lowest BCUT2D eigenvalue weighted by Gasteiger charge is -2.35. The van der Waals surface area contributed by atoms with Crippen LogP contribution in [0.25, 0.3) is 10.9 Å². The van der Waals surface area contributed by atoms with Crippen molar-refractivity contribution in [2.24, 2.45) is 0 Å². The van der Waals surface area contributed by atoms with Crippen molar-refractivity contribution in [2.45, 2.75) is 18.6 Å². The summed E-state index contributed by atoms with van der Waals surface area (Å²) in [6.45, 7) is 2.58. The number of aromatic carboxylic acids is 1. The molecule has 6 nitrogen and oxygen atoms in total. The van der Waals surface area contributed by atoms with Gasteiger partial charge in [-0.1, -0.05) is 11.6 Å². The third kappa shape index (κ3) is 2.96. The van der Waals surface area contributed by atoms with Crippen molar-refractivity contribution >= 4 is 34.2 Å². The number of halogens is 3. The highest BCUT2D eigenvalue weighted by molar-refractivity contribution is 6.38. The van der Waals surface area contributed by atoms with Crippen LogP contribution in [-0.4, -0.2) is 59.9 Å². The number of rotatable bonds is 3. The fourth-order valence-corrected chi connectivity index (χ4v) is 4.01. The third-order valence-corrected chi connectivity index (χ3v) is 5.63. The van der Waals surface area contributed by atoms with E-state index in [0.717, 1.165) is 25.4 Å². The fraction of sp³-hybridized carbons (Fsp3) is 0.444. The van der Waals surface area contributed by atoms with Gasteiger partial charge in [0.2, 0.25) is 5.43 Å². The lowest BCUT2D eigenvalue weighted by molar-refractivity contribution is 0.0694. The predicted molar refractivity (Wildman–Crippen MR) is 98.4 cm³/mol. The summed E-state index contributed by atoms with van der Waals surface area (Å²) in [5, 5.41) is 9.17. The van der Waals surface area contributed by atoms with Gasteiger partial charge in [-0.2, -0.15) is 0 Å². The summed E-state index contributed by atoms with van der Waals surface area (Å²) in [5.41, 5.74) is -0.989. The molecular weight excluding hydrogens is 380 g/mol. The standard InChI is InChI=1S/C18H18ClF2N3O3/c1-22-2-4-23(5-3-22)16-12(21)6-9-15(14(16)19)24(13-7-11(13)20)8-10(17(9)25)18(26)27/h6,8,11,13H,2-5,7H2,1H3,(H,26,27)/t11-,13+/m1/s1. The second-order valence-electron chi connectivity index (χ2n) is 7.11. The molecule has 2 fully saturated rings. The van der Waals surface area contributed by atoms with E-state index in [9.17, 15) is 23.5 Å². The smallest absolute Gasteiger partial charge is 0.341 e. The molecule has 9 heteroatoms. The molecule has 0 bridgehead atoms. The predicted octanol–water partition coefficient (Wildman–Crippen LogP) is 2.53. The quantitative estimate of drug-likeness (QED) is 0.862. The van der Waals surface area contributed by atoms with Crippen molar-refractivity contribution in [1.82, 2.24) is 9.47 Å². The number of aromatic nitrogens is 1. The Balaban J connectivity index is 1.97. The molecule has 1 aromatic carbocycles. The summed E-state index contributed by atoms with van der Waals surface area (Å²) >= 11 is 6.52. The molecule has 0 spiro atoms. The molecule has 1 saturated carbocycles. The van der Waals surface area contributed by atoms with E-state index in [0.29, 0.717) is 13.1 Å². The minimum absolute atomic E-state index is 0.0164. The zero-order valence-electron chi connectivity index (χ0n) is 14.6. The Morgan fingerprint density at radius 3 is 2.48 bits per heavy atom. The van der Waals surface area contributed by atoms with E-state index in [1.54, 1.807) is 4.90 Å². The number of likely N-dealkylation sites (N-methyl/N-ethyl adjacent to an activating group) is 1. The fourth-order valence-electron chi connectivity index (χ4n) is 3.61. The van der Waals surface area contributed by atoms with Gasteiger partial charge in [-0.05, 0) is 13.1 Å². The molecule has 2 aliphatic rings. The van der Waals surface area contributed by atoms with Crippen LogP contribution in [0.15, 0.2) is 17.1 Å². The Morgan fingerprint density at radius 1 is 1.30 bits per heavy atom. The molecule has 0 amide bonds. The number of benzene rings is 1. The van der Waals surface area contributed by atoms with Crippen molar-refractivity contribution in [2.75, 3.05) is 38.1 Å². The number of hydrogen-bond donors (Lipinski definition) is 1. The number of nitrogens with zero attached hydrogens (tertiary/aromatic N) is 3. The van der Waals surface area contributed by atoms with Crippen LogP contribution in [0.2, 0.25) is 5.02 Å². The summed E-state index contributed by atoms with van der Waals surface area (Å²) in [4.78, 5) is 27.9. The molecule has 2 heterocycles. The topological polar surface area (TPSA) is 65.8 Å². The van der Waals surface area contributed by atoms with E-state index in [1.807, 2.05) is 7.05 Å². The zero-order valence-corrected chi connectivity index (χ0v) is 15.3. The molecule has 1 N–H and O–H groups in total. The van der Waals surface area contributed by atoms with Gasteiger partial charge >= 0.3 is 5.97 Å². The van der Waals surface area contributed by atoms with Crippen LogP contribution in [0.1, 0.15) is 22.8 Å². The number of alkyl halides is 1. The minimum atomic E-state index is -1.44. The number of carboxylic acids is 1. The summed E-state index contributed by atoms with van der Waals surface area (Å²) in [7, 11) is 1.97. The summed E-state index contributed by atoms with van der Waals surface area (Å²) < 4.78 is 30.0. The third-order valence-electron chi connectivity index (χ3n) is 5.27. The monoisotopic (exact) mass is 397 g/mol. The van der Waals surface area contributed by atoms with Gasteiger partial charge in [-0.25, -0.2) is 13.6 Å². The van der Waals surface area contributed by atoms with E-state index in [-0.39, 0.29) is 28.0 Å². The highest BCUT2D eigenvalue weighted by Crippen LogP contribution is 2.44. The Kier molecular flexibility index (Phi) is 4.35. The summed E-state index contributed by atoms with van der Waals surface area (Å²) in [6.07, 6.45) is 0.175. The summed E-state index contributed by atoms with van der Waals surface area (Å²) in [5.74, 6) is -2.12. The zero-order chi connectivity index (χ0) is 19.5. The van der Waals surface area contributed by atoms with E-state index >= 15 is 0 Å². The molecule has 0 unspecified atom stereocenters. The highest BCUT2D eigenvalue weighted by atomic mass is 35.5. The SMILES string of the molecule is CN1CCN(c2c(F)cc3c(=O)c(C(=O)O)cn([C@H]4C[C@H]4F)c3c2Cl)CC1. The largest absolute Gasteiger partial charge is 0.477 e. The van der Waals surface area contributed by atoms with E-state index < -0.39 is 35.0 Å². The average Bonchev–Trinajstić information content (AvgIpc) is 3.33. The lowest BCUT2D eigenvalue weighted by atomic mass is 10.1. The molecule has 2 aromatic rings. The number of fused-ring (bicyclic) bond motifs is 1. The first kappa shape index (κ1) is 18.2. The van der Waals surface area contributed by atoms with Gasteiger partial charge in [0.15, 0.2) is 0 Å². The van der Waals surface area contributed by atoms with Crippen molar-refractivity contribution < 1.29 is 18.7 Å². The Labute approximate surface area is 158 Å². The van der Waals surface area contributed by atoms with Crippen LogP contribution in [-0.2, 0) is 0 Å². The van der Waals surface area contributed by atoms with Crippen molar-refractivity contribution in [3.05, 3.63) is 38.9 Å².